The standard InChI is InChI=1S/C20H27NO2S2/c1-13(18-11-14-2-3-16(18)10-14)21-19(22)12-23-17-6-4-15(5-7-17)20-24-8-9-25-20/h4-7,13-14,16,18,20H,2-3,8-12H2,1H3,(H,21,22)/t13-,14+,16+,18+/m1/s1. The third kappa shape index (κ3) is 4.13. The van der Waals surface area contributed by atoms with Crippen molar-refractivity contribution in [2.24, 2.45) is 17.8 Å². The third-order valence-corrected chi connectivity index (χ3v) is 9.07. The minimum Gasteiger partial charge on any atom is -0.484 e. The lowest BCUT2D eigenvalue weighted by Crippen LogP contribution is -2.42. The van der Waals surface area contributed by atoms with Crippen molar-refractivity contribution in [2.45, 2.75) is 43.2 Å². The topological polar surface area (TPSA) is 38.3 Å². The summed E-state index contributed by atoms with van der Waals surface area (Å²) in [7, 11) is 0. The Kier molecular flexibility index (Phi) is 5.51. The van der Waals surface area contributed by atoms with Gasteiger partial charge in [0.25, 0.3) is 5.91 Å². The van der Waals surface area contributed by atoms with E-state index in [1.54, 1.807) is 0 Å². The predicted octanol–water partition coefficient (Wildman–Crippen LogP) is 4.48. The summed E-state index contributed by atoms with van der Waals surface area (Å²) < 4.78 is 6.24. The second-order valence-corrected chi connectivity index (χ2v) is 10.4. The molecule has 3 aliphatic rings. The lowest BCUT2D eigenvalue weighted by Gasteiger charge is -2.28. The fourth-order valence-electron chi connectivity index (χ4n) is 4.73. The maximum absolute atomic E-state index is 12.2. The monoisotopic (exact) mass is 377 g/mol. The van der Waals surface area contributed by atoms with Gasteiger partial charge in [0.15, 0.2) is 6.61 Å². The van der Waals surface area contributed by atoms with Gasteiger partial charge < -0.3 is 10.1 Å². The van der Waals surface area contributed by atoms with E-state index in [1.807, 2.05) is 35.7 Å². The number of nitrogens with one attached hydrogen (secondary N) is 1. The van der Waals surface area contributed by atoms with E-state index < -0.39 is 0 Å². The van der Waals surface area contributed by atoms with E-state index in [0.717, 1.165) is 17.6 Å². The van der Waals surface area contributed by atoms with E-state index in [4.69, 9.17) is 4.74 Å². The molecule has 5 heteroatoms. The number of benzene rings is 1. The normalized spacial score (nSPS) is 29.7. The Hall–Kier alpha value is -0.810. The Morgan fingerprint density at radius 2 is 1.96 bits per heavy atom. The van der Waals surface area contributed by atoms with Crippen molar-refractivity contribution in [3.63, 3.8) is 0 Å². The highest BCUT2D eigenvalue weighted by Gasteiger charge is 2.42. The molecule has 136 valence electrons. The number of ether oxygens (including phenoxy) is 1. The minimum absolute atomic E-state index is 0.00116. The van der Waals surface area contributed by atoms with E-state index in [-0.39, 0.29) is 18.6 Å². The van der Waals surface area contributed by atoms with Crippen LogP contribution in [0.5, 0.6) is 5.75 Å². The number of hydrogen-bond donors (Lipinski definition) is 1. The number of carbonyl (C=O) groups is 1. The van der Waals surface area contributed by atoms with Gasteiger partial charge in [-0.2, -0.15) is 0 Å². The second kappa shape index (κ2) is 7.83. The fraction of sp³-hybridized carbons (Fsp3) is 0.650. The largest absolute Gasteiger partial charge is 0.484 e. The summed E-state index contributed by atoms with van der Waals surface area (Å²) in [5, 5.41) is 3.16. The average Bonchev–Trinajstić information content (AvgIpc) is 3.37. The molecular weight excluding hydrogens is 350 g/mol. The molecule has 1 saturated heterocycles. The molecule has 3 fully saturated rings. The lowest BCUT2D eigenvalue weighted by molar-refractivity contribution is -0.124. The van der Waals surface area contributed by atoms with Crippen LogP contribution >= 0.6 is 23.5 Å². The molecule has 4 rings (SSSR count). The Labute approximate surface area is 159 Å². The molecule has 0 radical (unpaired) electrons. The Balaban J connectivity index is 1.23. The zero-order valence-corrected chi connectivity index (χ0v) is 16.4. The van der Waals surface area contributed by atoms with Crippen LogP contribution in [0.4, 0.5) is 0 Å². The Morgan fingerprint density at radius 1 is 1.20 bits per heavy atom. The van der Waals surface area contributed by atoms with E-state index in [9.17, 15) is 4.79 Å². The molecule has 0 aromatic heterocycles. The van der Waals surface area contributed by atoms with Crippen LogP contribution in [0.25, 0.3) is 0 Å². The van der Waals surface area contributed by atoms with Crippen LogP contribution in [0.15, 0.2) is 24.3 Å². The van der Waals surface area contributed by atoms with Gasteiger partial charge in [-0.15, -0.1) is 23.5 Å². The van der Waals surface area contributed by atoms with Gasteiger partial charge >= 0.3 is 0 Å². The third-order valence-electron chi connectivity index (χ3n) is 5.97. The maximum Gasteiger partial charge on any atom is 0.258 e. The molecule has 25 heavy (non-hydrogen) atoms. The first-order valence-corrected chi connectivity index (χ1v) is 11.5. The Morgan fingerprint density at radius 3 is 2.60 bits per heavy atom. The zero-order chi connectivity index (χ0) is 17.2. The lowest BCUT2D eigenvalue weighted by atomic mass is 9.84. The van der Waals surface area contributed by atoms with Crippen molar-refractivity contribution in [1.82, 2.24) is 5.32 Å². The van der Waals surface area contributed by atoms with Gasteiger partial charge in [-0.3, -0.25) is 4.79 Å². The van der Waals surface area contributed by atoms with Crippen molar-refractivity contribution >= 4 is 29.4 Å². The van der Waals surface area contributed by atoms with Crippen LogP contribution in [0.2, 0.25) is 0 Å². The summed E-state index contributed by atoms with van der Waals surface area (Å²) in [5.74, 6) is 5.66. The van der Waals surface area contributed by atoms with Crippen LogP contribution in [-0.4, -0.2) is 30.1 Å². The molecule has 2 bridgehead atoms. The van der Waals surface area contributed by atoms with E-state index in [1.165, 1.54) is 42.8 Å². The molecule has 0 unspecified atom stereocenters. The molecule has 1 aliphatic heterocycles. The summed E-state index contributed by atoms with van der Waals surface area (Å²) in [6.07, 6.45) is 5.44. The summed E-state index contributed by atoms with van der Waals surface area (Å²) in [5.41, 5.74) is 1.34. The van der Waals surface area contributed by atoms with Crippen LogP contribution < -0.4 is 10.1 Å². The minimum atomic E-state index is 0.00116. The highest BCUT2D eigenvalue weighted by molar-refractivity contribution is 8.19. The summed E-state index contributed by atoms with van der Waals surface area (Å²) in [6.45, 7) is 2.27. The first-order chi connectivity index (χ1) is 12.2. The number of amides is 1. The van der Waals surface area contributed by atoms with Gasteiger partial charge in [0.2, 0.25) is 0 Å². The van der Waals surface area contributed by atoms with Gasteiger partial charge in [-0.25, -0.2) is 0 Å². The summed E-state index contributed by atoms with van der Waals surface area (Å²) in [6, 6.07) is 8.50. The highest BCUT2D eigenvalue weighted by atomic mass is 32.2. The van der Waals surface area contributed by atoms with E-state index in [0.29, 0.717) is 10.5 Å². The van der Waals surface area contributed by atoms with Crippen molar-refractivity contribution in [1.29, 1.82) is 0 Å². The number of hydrogen-bond acceptors (Lipinski definition) is 4. The van der Waals surface area contributed by atoms with Crippen LogP contribution in [0, 0.1) is 17.8 Å². The van der Waals surface area contributed by atoms with Crippen LogP contribution in [-0.2, 0) is 4.79 Å². The number of rotatable bonds is 6. The molecule has 2 aliphatic carbocycles. The maximum atomic E-state index is 12.2. The second-order valence-electron chi connectivity index (χ2n) is 7.63. The molecule has 4 atom stereocenters. The average molecular weight is 378 g/mol. The molecule has 1 amide bonds. The highest BCUT2D eigenvalue weighted by Crippen LogP contribution is 2.49. The van der Waals surface area contributed by atoms with E-state index >= 15 is 0 Å². The van der Waals surface area contributed by atoms with Gasteiger partial charge in [0.05, 0.1) is 4.58 Å². The molecule has 3 nitrogen and oxygen atoms in total. The van der Waals surface area contributed by atoms with Gasteiger partial charge in [-0.1, -0.05) is 18.6 Å². The van der Waals surface area contributed by atoms with Crippen molar-refractivity contribution in [3.8, 4) is 5.75 Å². The van der Waals surface area contributed by atoms with Crippen molar-refractivity contribution < 1.29 is 9.53 Å². The van der Waals surface area contributed by atoms with Crippen molar-refractivity contribution in [3.05, 3.63) is 29.8 Å². The molecular formula is C20H27NO2S2. The van der Waals surface area contributed by atoms with Gasteiger partial charge in [-0.05, 0) is 61.6 Å². The van der Waals surface area contributed by atoms with E-state index in [2.05, 4.69) is 24.4 Å². The van der Waals surface area contributed by atoms with Crippen LogP contribution in [0.1, 0.15) is 42.8 Å². The molecule has 2 saturated carbocycles. The first-order valence-electron chi connectivity index (χ1n) is 9.44. The molecule has 1 aromatic rings. The first kappa shape index (κ1) is 17.6. The summed E-state index contributed by atoms with van der Waals surface area (Å²) >= 11 is 4.00. The number of carbonyl (C=O) groups excluding carboxylic acids is 1. The fourth-order valence-corrected chi connectivity index (χ4v) is 7.59. The predicted molar refractivity (Wildman–Crippen MR) is 106 cm³/mol. The molecule has 1 N–H and O–H groups in total. The quantitative estimate of drug-likeness (QED) is 0.793. The van der Waals surface area contributed by atoms with Gasteiger partial charge in [0, 0.05) is 17.5 Å². The zero-order valence-electron chi connectivity index (χ0n) is 14.8. The SMILES string of the molecule is C[C@@H](NC(=O)COc1ccc(C2SCCS2)cc1)[C@@H]1C[C@H]2CC[C@H]1C2. The van der Waals surface area contributed by atoms with Gasteiger partial charge in [0.1, 0.15) is 5.75 Å². The smallest absolute Gasteiger partial charge is 0.258 e. The molecule has 1 heterocycles. The summed E-state index contributed by atoms with van der Waals surface area (Å²) in [4.78, 5) is 12.2. The Bertz CT molecular complexity index is 600. The van der Waals surface area contributed by atoms with Crippen LogP contribution in [0.3, 0.4) is 0 Å². The number of thioether (sulfide) groups is 2. The molecule has 0 spiro atoms. The number of fused-ring (bicyclic) bond motifs is 2. The molecule has 1 aromatic carbocycles. The van der Waals surface area contributed by atoms with Crippen molar-refractivity contribution in [2.75, 3.05) is 18.1 Å².